The Morgan fingerprint density at radius 1 is 1.18 bits per heavy atom. The summed E-state index contributed by atoms with van der Waals surface area (Å²) in [5.41, 5.74) is 11.9. The SMILES string of the molecule is CCc1nc2cccc(Cl)c2c(=O)n1-c1cccc(F)c1.NC(=O)c1c(N)nn2cccnc12. The molecule has 0 aliphatic carbocycles. The van der Waals surface area contributed by atoms with Crippen LogP contribution < -0.4 is 17.0 Å². The van der Waals surface area contributed by atoms with Gasteiger partial charge >= 0.3 is 0 Å². The number of carbonyl (C=O) groups excluding carboxylic acids is 1. The zero-order valence-corrected chi connectivity index (χ0v) is 18.7. The molecule has 0 fully saturated rings. The molecule has 0 radical (unpaired) electrons. The van der Waals surface area contributed by atoms with E-state index < -0.39 is 11.7 Å². The topological polar surface area (TPSA) is 134 Å². The maximum atomic E-state index is 13.5. The molecule has 0 saturated heterocycles. The van der Waals surface area contributed by atoms with Gasteiger partial charge in [0.15, 0.2) is 11.5 Å². The number of nitrogen functional groups attached to an aromatic ring is 1. The molecule has 9 nitrogen and oxygen atoms in total. The number of anilines is 1. The van der Waals surface area contributed by atoms with Gasteiger partial charge in [-0.1, -0.05) is 30.7 Å². The lowest BCUT2D eigenvalue weighted by Gasteiger charge is -2.13. The third-order valence-electron chi connectivity index (χ3n) is 4.97. The summed E-state index contributed by atoms with van der Waals surface area (Å²) in [6.07, 6.45) is 3.74. The fourth-order valence-electron chi connectivity index (χ4n) is 3.49. The summed E-state index contributed by atoms with van der Waals surface area (Å²) in [6.45, 7) is 1.90. The molecule has 0 aliphatic rings. The van der Waals surface area contributed by atoms with Crippen LogP contribution in [-0.4, -0.2) is 30.1 Å². The van der Waals surface area contributed by atoms with Crippen LogP contribution in [0.5, 0.6) is 0 Å². The summed E-state index contributed by atoms with van der Waals surface area (Å²) in [4.78, 5) is 32.1. The number of nitrogens with zero attached hydrogens (tertiary/aromatic N) is 5. The first-order valence-corrected chi connectivity index (χ1v) is 10.5. The second kappa shape index (κ2) is 9.28. The van der Waals surface area contributed by atoms with E-state index in [-0.39, 0.29) is 16.9 Å². The highest BCUT2D eigenvalue weighted by molar-refractivity contribution is 6.35. The van der Waals surface area contributed by atoms with Gasteiger partial charge < -0.3 is 11.5 Å². The maximum absolute atomic E-state index is 13.5. The van der Waals surface area contributed by atoms with Crippen LogP contribution in [0.25, 0.3) is 22.2 Å². The molecule has 0 saturated carbocycles. The molecule has 3 aromatic heterocycles. The van der Waals surface area contributed by atoms with Crippen molar-refractivity contribution in [3.63, 3.8) is 0 Å². The van der Waals surface area contributed by atoms with Crippen molar-refractivity contribution in [2.45, 2.75) is 13.3 Å². The van der Waals surface area contributed by atoms with Gasteiger partial charge in [-0.25, -0.2) is 18.9 Å². The number of aromatic nitrogens is 5. The van der Waals surface area contributed by atoms with Crippen LogP contribution >= 0.6 is 11.6 Å². The molecule has 0 atom stereocenters. The monoisotopic (exact) mass is 479 g/mol. The van der Waals surface area contributed by atoms with Gasteiger partial charge in [0.1, 0.15) is 17.2 Å². The van der Waals surface area contributed by atoms with Gasteiger partial charge in [-0.05, 0) is 36.4 Å². The van der Waals surface area contributed by atoms with Gasteiger partial charge in [-0.3, -0.25) is 14.2 Å². The molecule has 1 amide bonds. The number of primary amides is 1. The molecule has 4 N–H and O–H groups in total. The zero-order chi connectivity index (χ0) is 24.4. The van der Waals surface area contributed by atoms with E-state index in [1.807, 2.05) is 6.92 Å². The summed E-state index contributed by atoms with van der Waals surface area (Å²) in [5, 5.41) is 4.56. The first-order valence-electron chi connectivity index (χ1n) is 10.2. The van der Waals surface area contributed by atoms with E-state index in [4.69, 9.17) is 23.1 Å². The minimum Gasteiger partial charge on any atom is -0.381 e. The second-order valence-electron chi connectivity index (χ2n) is 7.15. The minimum atomic E-state index is -0.619. The average molecular weight is 480 g/mol. The quantitative estimate of drug-likeness (QED) is 0.408. The fourth-order valence-corrected chi connectivity index (χ4v) is 3.74. The van der Waals surface area contributed by atoms with Crippen LogP contribution in [0.4, 0.5) is 10.2 Å². The van der Waals surface area contributed by atoms with Crippen molar-refractivity contribution < 1.29 is 9.18 Å². The Kier molecular flexibility index (Phi) is 6.24. The van der Waals surface area contributed by atoms with Gasteiger partial charge in [0.2, 0.25) is 0 Å². The molecule has 34 heavy (non-hydrogen) atoms. The van der Waals surface area contributed by atoms with Gasteiger partial charge in [-0.2, -0.15) is 0 Å². The number of hydrogen-bond acceptors (Lipinski definition) is 6. The Hall–Kier alpha value is -4.31. The van der Waals surface area contributed by atoms with Gasteiger partial charge in [0.25, 0.3) is 11.5 Å². The molecule has 172 valence electrons. The number of rotatable bonds is 3. The zero-order valence-electron chi connectivity index (χ0n) is 17.9. The molecular formula is C23H19ClFN7O2. The van der Waals surface area contributed by atoms with Gasteiger partial charge in [0.05, 0.1) is 21.6 Å². The van der Waals surface area contributed by atoms with E-state index >= 15 is 0 Å². The normalized spacial score (nSPS) is 10.8. The van der Waals surface area contributed by atoms with Crippen molar-refractivity contribution in [3.05, 3.63) is 93.5 Å². The molecular weight excluding hydrogens is 461 g/mol. The second-order valence-corrected chi connectivity index (χ2v) is 7.56. The highest BCUT2D eigenvalue weighted by Crippen LogP contribution is 2.21. The van der Waals surface area contributed by atoms with Gasteiger partial charge in [-0.15, -0.1) is 5.10 Å². The molecule has 11 heteroatoms. The number of amides is 1. The van der Waals surface area contributed by atoms with Crippen LogP contribution in [0.15, 0.2) is 65.7 Å². The summed E-state index contributed by atoms with van der Waals surface area (Å²) in [5.74, 6) is -0.349. The Morgan fingerprint density at radius 2 is 1.94 bits per heavy atom. The Labute approximate surface area is 197 Å². The average Bonchev–Trinajstić information content (AvgIpc) is 3.15. The third-order valence-corrected chi connectivity index (χ3v) is 5.28. The Balaban J connectivity index is 0.000000180. The number of fused-ring (bicyclic) bond motifs is 2. The van der Waals surface area contributed by atoms with E-state index in [1.54, 1.807) is 48.8 Å². The molecule has 0 bridgehead atoms. The number of benzene rings is 2. The lowest BCUT2D eigenvalue weighted by molar-refractivity contribution is 0.100. The summed E-state index contributed by atoms with van der Waals surface area (Å²) in [7, 11) is 0. The molecule has 2 aromatic carbocycles. The third kappa shape index (κ3) is 4.18. The van der Waals surface area contributed by atoms with E-state index in [1.165, 1.54) is 21.2 Å². The number of hydrogen-bond donors (Lipinski definition) is 2. The largest absolute Gasteiger partial charge is 0.381 e. The maximum Gasteiger partial charge on any atom is 0.267 e. The smallest absolute Gasteiger partial charge is 0.267 e. The Morgan fingerprint density at radius 3 is 2.65 bits per heavy atom. The predicted octanol–water partition coefficient (Wildman–Crippen LogP) is 3.15. The Bertz CT molecular complexity index is 1600. The summed E-state index contributed by atoms with van der Waals surface area (Å²) >= 11 is 6.12. The van der Waals surface area contributed by atoms with Crippen LogP contribution in [0.3, 0.4) is 0 Å². The molecule has 0 spiro atoms. The fraction of sp³-hybridized carbons (Fsp3) is 0.0870. The van der Waals surface area contributed by atoms with E-state index in [0.717, 1.165) is 0 Å². The standard InChI is InChI=1S/C16H12ClFN2O.C7H7N5O/c1-2-14-19-13-8-4-7-12(17)15(13)16(21)20(14)11-6-3-5-10(18)9-11;8-5-4(6(9)13)7-10-2-1-3-12(7)11-5/h3-9H,2H2,1H3;1-3H,(H2,8,11)(H2,9,13). The highest BCUT2D eigenvalue weighted by Gasteiger charge is 2.16. The van der Waals surface area contributed by atoms with Crippen molar-refractivity contribution in [2.24, 2.45) is 5.73 Å². The van der Waals surface area contributed by atoms with Crippen molar-refractivity contribution in [3.8, 4) is 5.69 Å². The predicted molar refractivity (Wildman–Crippen MR) is 128 cm³/mol. The number of aryl methyl sites for hydroxylation is 1. The van der Waals surface area contributed by atoms with Crippen LogP contribution in [0, 0.1) is 5.82 Å². The minimum absolute atomic E-state index is 0.103. The molecule has 3 heterocycles. The van der Waals surface area contributed by atoms with Crippen molar-refractivity contribution >= 4 is 39.9 Å². The van der Waals surface area contributed by atoms with E-state index in [0.29, 0.717) is 39.5 Å². The summed E-state index contributed by atoms with van der Waals surface area (Å²) < 4.78 is 16.3. The van der Waals surface area contributed by atoms with Crippen LogP contribution in [0.1, 0.15) is 23.1 Å². The van der Waals surface area contributed by atoms with Crippen molar-refractivity contribution in [1.29, 1.82) is 0 Å². The van der Waals surface area contributed by atoms with Crippen molar-refractivity contribution in [2.75, 3.05) is 5.73 Å². The van der Waals surface area contributed by atoms with Crippen molar-refractivity contribution in [1.82, 2.24) is 24.1 Å². The number of carbonyl (C=O) groups is 1. The molecule has 5 aromatic rings. The summed E-state index contributed by atoms with van der Waals surface area (Å²) in [6, 6.07) is 12.7. The van der Waals surface area contributed by atoms with E-state index in [2.05, 4.69) is 15.1 Å². The van der Waals surface area contributed by atoms with E-state index in [9.17, 15) is 14.0 Å². The molecule has 5 rings (SSSR count). The molecule has 0 unspecified atom stereocenters. The molecule has 0 aliphatic heterocycles. The number of halogens is 2. The van der Waals surface area contributed by atoms with Gasteiger partial charge in [0, 0.05) is 18.8 Å². The lowest BCUT2D eigenvalue weighted by Crippen LogP contribution is -2.24. The first kappa shape index (κ1) is 22.9. The highest BCUT2D eigenvalue weighted by atomic mass is 35.5. The van der Waals surface area contributed by atoms with Crippen LogP contribution in [0.2, 0.25) is 5.02 Å². The van der Waals surface area contributed by atoms with Crippen LogP contribution in [-0.2, 0) is 6.42 Å². The first-order chi connectivity index (χ1) is 16.3. The number of nitrogens with two attached hydrogens (primary N) is 2. The lowest BCUT2D eigenvalue weighted by atomic mass is 10.2.